The fourth-order valence-electron chi connectivity index (χ4n) is 16.3. The van der Waals surface area contributed by atoms with Gasteiger partial charge in [0.15, 0.2) is 12.6 Å². The van der Waals surface area contributed by atoms with Crippen LogP contribution < -0.4 is 10.6 Å². The monoisotopic (exact) mass is 1630 g/mol. The Bertz CT molecular complexity index is 2340. The number of carbonyl (C=O) groups is 3. The summed E-state index contributed by atoms with van der Waals surface area (Å²) in [5, 5.41) is 137. The molecule has 0 spiro atoms. The van der Waals surface area contributed by atoms with Gasteiger partial charge in [0.1, 0.15) is 67.1 Å². The first-order chi connectivity index (χ1) is 55.4. The predicted molar refractivity (Wildman–Crippen MR) is 449 cm³/mol. The van der Waals surface area contributed by atoms with E-state index in [4.69, 9.17) is 28.4 Å². The van der Waals surface area contributed by atoms with Gasteiger partial charge in [-0.05, 0) is 44.9 Å². The molecule has 23 heteroatoms. The molecule has 18 unspecified atom stereocenters. The zero-order valence-electron chi connectivity index (χ0n) is 71.7. The van der Waals surface area contributed by atoms with Gasteiger partial charge in [-0.2, -0.15) is 0 Å². The number of rotatable bonds is 76. The van der Waals surface area contributed by atoms with Crippen LogP contribution in [-0.2, 0) is 42.8 Å². The highest BCUT2D eigenvalue weighted by Crippen LogP contribution is 2.39. The number of hydrogen-bond donors (Lipinski definition) is 14. The summed E-state index contributed by atoms with van der Waals surface area (Å²) >= 11 is 0. The van der Waals surface area contributed by atoms with Gasteiger partial charge in [0.2, 0.25) is 11.8 Å². The number of carbonyl (C=O) groups excluding carboxylic acids is 2. The number of hydrogen-bond acceptors (Lipinski definition) is 20. The number of aliphatic carboxylic acids is 1. The normalized spacial score (nSPS) is 25.2. The van der Waals surface area contributed by atoms with Crippen molar-refractivity contribution in [1.82, 2.24) is 10.6 Å². The molecule has 0 aromatic rings. The lowest BCUT2D eigenvalue weighted by Crippen LogP contribution is -2.70. The number of unbranched alkanes of at least 4 members (excludes halogenated alkanes) is 54. The first-order valence-corrected chi connectivity index (χ1v) is 46.7. The summed E-state index contributed by atoms with van der Waals surface area (Å²) in [7, 11) is 0. The maximum atomic E-state index is 13.6. The van der Waals surface area contributed by atoms with Crippen molar-refractivity contribution in [3.05, 3.63) is 24.3 Å². The van der Waals surface area contributed by atoms with Gasteiger partial charge in [0.05, 0.1) is 50.7 Å². The highest BCUT2D eigenvalue weighted by Gasteiger charge is 2.60. The summed E-state index contributed by atoms with van der Waals surface area (Å²) < 4.78 is 35.0. The molecule has 670 valence electrons. The van der Waals surface area contributed by atoms with Gasteiger partial charge in [0, 0.05) is 19.8 Å². The van der Waals surface area contributed by atoms with E-state index in [1.807, 2.05) is 6.08 Å². The molecule has 0 aliphatic carbocycles. The van der Waals surface area contributed by atoms with E-state index in [2.05, 4.69) is 36.6 Å². The zero-order chi connectivity index (χ0) is 83.1. The number of nitrogens with one attached hydrogen (secondary N) is 2. The average molecular weight is 1630 g/mol. The van der Waals surface area contributed by atoms with Gasteiger partial charge in [-0.15, -0.1) is 0 Å². The van der Waals surface area contributed by atoms with Gasteiger partial charge in [0.25, 0.3) is 5.79 Å². The van der Waals surface area contributed by atoms with E-state index < -0.39 is 155 Å². The van der Waals surface area contributed by atoms with E-state index >= 15 is 0 Å². The van der Waals surface area contributed by atoms with Gasteiger partial charge in [-0.3, -0.25) is 9.59 Å². The van der Waals surface area contributed by atoms with E-state index in [-0.39, 0.29) is 12.3 Å². The molecule has 3 heterocycles. The number of allylic oxidation sites excluding steroid dienone is 3. The van der Waals surface area contributed by atoms with Gasteiger partial charge >= 0.3 is 5.97 Å². The molecule has 3 saturated heterocycles. The lowest BCUT2D eigenvalue weighted by Gasteiger charge is -2.50. The molecule has 3 rings (SSSR count). The van der Waals surface area contributed by atoms with Crippen LogP contribution in [0.3, 0.4) is 0 Å². The summed E-state index contributed by atoms with van der Waals surface area (Å²) in [5.41, 5.74) is 0. The van der Waals surface area contributed by atoms with Crippen LogP contribution in [0.15, 0.2) is 24.3 Å². The van der Waals surface area contributed by atoms with Crippen molar-refractivity contribution in [2.24, 2.45) is 0 Å². The molecule has 23 nitrogen and oxygen atoms in total. The minimum atomic E-state index is -3.08. The number of amides is 2. The van der Waals surface area contributed by atoms with Crippen molar-refractivity contribution < 1.29 is 104 Å². The number of aliphatic hydroxyl groups excluding tert-OH is 11. The lowest BCUT2D eigenvalue weighted by atomic mass is 9.88. The summed E-state index contributed by atoms with van der Waals surface area (Å²) in [5.74, 6) is -6.13. The van der Waals surface area contributed by atoms with E-state index in [1.54, 1.807) is 6.08 Å². The molecular weight excluding hydrogens is 1460 g/mol. The van der Waals surface area contributed by atoms with Crippen molar-refractivity contribution in [1.29, 1.82) is 0 Å². The van der Waals surface area contributed by atoms with Crippen molar-refractivity contribution in [2.75, 3.05) is 26.4 Å². The molecular formula is C91H170N2O21. The van der Waals surface area contributed by atoms with Crippen molar-refractivity contribution in [2.45, 2.75) is 509 Å². The minimum Gasteiger partial charge on any atom is -0.477 e. The molecule has 0 aromatic carbocycles. The summed E-state index contributed by atoms with van der Waals surface area (Å²) in [6.07, 6.45) is 52.4. The molecule has 3 aliphatic rings. The van der Waals surface area contributed by atoms with E-state index in [9.17, 15) is 75.7 Å². The fraction of sp³-hybridized carbons (Fsp3) is 0.923. The van der Waals surface area contributed by atoms with Crippen molar-refractivity contribution in [3.63, 3.8) is 0 Å². The Kier molecular flexibility index (Phi) is 63.6. The van der Waals surface area contributed by atoms with Crippen LogP contribution in [0, 0.1) is 0 Å². The number of aliphatic hydroxyl groups is 11. The Labute approximate surface area is 689 Å². The molecule has 0 radical (unpaired) electrons. The minimum absolute atomic E-state index is 0.204. The fourth-order valence-corrected chi connectivity index (χ4v) is 16.3. The lowest BCUT2D eigenvalue weighted by molar-refractivity contribution is -0.386. The van der Waals surface area contributed by atoms with Gasteiger partial charge < -0.3 is 100 Å². The molecule has 18 atom stereocenters. The van der Waals surface area contributed by atoms with E-state index in [0.717, 1.165) is 51.9 Å². The molecule has 0 aromatic heterocycles. The number of carboxylic acids is 1. The highest BCUT2D eigenvalue weighted by molar-refractivity contribution is 5.77. The maximum absolute atomic E-state index is 13.6. The van der Waals surface area contributed by atoms with Crippen LogP contribution in [0.1, 0.15) is 400 Å². The number of carboxylic acid groups (broad SMARTS) is 1. The average Bonchev–Trinajstić information content (AvgIpc) is 0.753. The predicted octanol–water partition coefficient (Wildman–Crippen LogP) is 15.4. The highest BCUT2D eigenvalue weighted by atomic mass is 16.8. The number of ether oxygens (including phenoxy) is 6. The maximum Gasteiger partial charge on any atom is 0.364 e. The van der Waals surface area contributed by atoms with Crippen LogP contribution in [0.2, 0.25) is 0 Å². The third-order valence-electron chi connectivity index (χ3n) is 23.6. The van der Waals surface area contributed by atoms with Crippen LogP contribution in [0.4, 0.5) is 0 Å². The van der Waals surface area contributed by atoms with Gasteiger partial charge in [-0.1, -0.05) is 359 Å². The Morgan fingerprint density at radius 3 is 1.19 bits per heavy atom. The summed E-state index contributed by atoms with van der Waals surface area (Å²) in [6.45, 7) is 2.22. The molecule has 114 heavy (non-hydrogen) atoms. The SMILES string of the molecule is CCCCCCCCCCCCCCCCCC/C=C\CCCCCCCCCCCCCCCCCCCC(=O)NC(COC1OC(CO)C(OC2OC(CO)C(O)C(OC3(C(=O)O)CC(O)C(NC(C)=O)C(C(O)C(O)CO)O3)C2O)C(O)C1O)C(O)/C=C/CCCCCCCCCCCCCCCCCCCCCCC. The Morgan fingerprint density at radius 2 is 0.825 bits per heavy atom. The summed E-state index contributed by atoms with van der Waals surface area (Å²) in [4.78, 5) is 38.8. The second-order valence-electron chi connectivity index (χ2n) is 33.9. The van der Waals surface area contributed by atoms with Crippen LogP contribution in [0.5, 0.6) is 0 Å². The zero-order valence-corrected chi connectivity index (χ0v) is 71.7. The first kappa shape index (κ1) is 105. The quantitative estimate of drug-likeness (QED) is 0.0199. The van der Waals surface area contributed by atoms with Crippen molar-refractivity contribution in [3.8, 4) is 0 Å². The molecule has 0 saturated carbocycles. The standard InChI is InChI=1S/C91H170N2O21/c1-4-6-8-10-12-14-16-18-20-22-24-26-28-29-30-31-32-33-34-35-36-37-38-39-40-41-43-45-47-49-51-53-55-57-59-61-63-65-78(101)93-72(73(98)64-62-60-58-56-54-52-50-48-46-44-42-27-25-23-21-19-17-15-13-11-9-7-5-2)70-109-88-83(105)82(104)85(77(69-96)111-88)112-89-84(106)87(81(103)76(68-95)110-89)114-91(90(107)108)66-74(99)79(92-71(3)97)86(113-91)80(102)75(100)67-94/h33-34,62,64,72-77,79-89,94-96,98-100,102-106H,4-32,35-61,63,65-70H2,1-3H3,(H,92,97)(H,93,101)(H,107,108)/b34-33-,64-62+. The van der Waals surface area contributed by atoms with E-state index in [1.165, 1.54) is 308 Å². The molecule has 0 bridgehead atoms. The molecule has 14 N–H and O–H groups in total. The molecule has 3 aliphatic heterocycles. The molecule has 2 amide bonds. The van der Waals surface area contributed by atoms with E-state index in [0.29, 0.717) is 12.8 Å². The van der Waals surface area contributed by atoms with Gasteiger partial charge in [-0.25, -0.2) is 4.79 Å². The largest absolute Gasteiger partial charge is 0.477 e. The summed E-state index contributed by atoms with van der Waals surface area (Å²) in [6, 6.07) is -2.62. The Morgan fingerprint density at radius 1 is 0.456 bits per heavy atom. The Balaban J connectivity index is 1.42. The van der Waals surface area contributed by atoms with Crippen LogP contribution in [-0.4, -0.2) is 215 Å². The third kappa shape index (κ3) is 46.9. The Hall–Kier alpha value is -2.79. The second-order valence-corrected chi connectivity index (χ2v) is 33.9. The smallest absolute Gasteiger partial charge is 0.364 e. The topological polar surface area (TPSA) is 373 Å². The first-order valence-electron chi connectivity index (χ1n) is 46.7. The second kappa shape index (κ2) is 68.8. The third-order valence-corrected chi connectivity index (χ3v) is 23.6. The van der Waals surface area contributed by atoms with Crippen LogP contribution in [0.25, 0.3) is 0 Å². The molecule has 3 fully saturated rings. The van der Waals surface area contributed by atoms with Crippen molar-refractivity contribution >= 4 is 17.8 Å². The van der Waals surface area contributed by atoms with Crippen LogP contribution >= 0.6 is 0 Å².